The SMILES string of the molecule is Cc1ccncc1-c1ccc2oc(C(=O)c3cc(O)c(O)c(O)c3)cc2c1. The molecule has 3 N–H and O–H groups in total. The highest BCUT2D eigenvalue weighted by Crippen LogP contribution is 2.36. The molecule has 0 aliphatic carbocycles. The Hall–Kier alpha value is -3.80. The summed E-state index contributed by atoms with van der Waals surface area (Å²) in [6, 6.07) is 11.3. The van der Waals surface area contributed by atoms with E-state index in [1.165, 1.54) is 0 Å². The van der Waals surface area contributed by atoms with Crippen molar-refractivity contribution >= 4 is 16.8 Å². The number of fused-ring (bicyclic) bond motifs is 1. The molecule has 4 aromatic rings. The van der Waals surface area contributed by atoms with Crippen LogP contribution in [0.5, 0.6) is 17.2 Å². The fourth-order valence-electron chi connectivity index (χ4n) is 2.97. The van der Waals surface area contributed by atoms with Gasteiger partial charge >= 0.3 is 0 Å². The number of carbonyl (C=O) groups is 1. The molecule has 0 fully saturated rings. The summed E-state index contributed by atoms with van der Waals surface area (Å²) in [4.78, 5) is 16.8. The number of furan rings is 1. The molecule has 0 amide bonds. The van der Waals surface area contributed by atoms with Crippen molar-refractivity contribution in [2.24, 2.45) is 0 Å². The van der Waals surface area contributed by atoms with Crippen LogP contribution in [-0.2, 0) is 0 Å². The molecule has 2 heterocycles. The van der Waals surface area contributed by atoms with E-state index in [0.29, 0.717) is 5.58 Å². The highest BCUT2D eigenvalue weighted by atomic mass is 16.3. The molecule has 0 unspecified atom stereocenters. The standard InChI is InChI=1S/C21H15NO5/c1-11-4-5-22-10-15(11)12-2-3-18-13(6-12)9-19(27-18)20(25)14-7-16(23)21(26)17(24)8-14/h2-10,23-24,26H,1H3. The van der Waals surface area contributed by atoms with Gasteiger partial charge in [0, 0.05) is 28.9 Å². The number of aryl methyl sites for hydroxylation is 1. The summed E-state index contributed by atoms with van der Waals surface area (Å²) >= 11 is 0. The van der Waals surface area contributed by atoms with Crippen LogP contribution < -0.4 is 0 Å². The summed E-state index contributed by atoms with van der Waals surface area (Å²) in [6.45, 7) is 2.00. The van der Waals surface area contributed by atoms with Gasteiger partial charge in [-0.25, -0.2) is 0 Å². The number of hydrogen-bond acceptors (Lipinski definition) is 6. The summed E-state index contributed by atoms with van der Waals surface area (Å²) in [5, 5.41) is 29.4. The maximum atomic E-state index is 12.6. The first-order chi connectivity index (χ1) is 12.9. The summed E-state index contributed by atoms with van der Waals surface area (Å²) in [6.07, 6.45) is 3.51. The summed E-state index contributed by atoms with van der Waals surface area (Å²) in [5.74, 6) is -2.29. The van der Waals surface area contributed by atoms with Crippen LogP contribution >= 0.6 is 0 Å². The minimum Gasteiger partial charge on any atom is -0.504 e. The van der Waals surface area contributed by atoms with E-state index >= 15 is 0 Å². The summed E-state index contributed by atoms with van der Waals surface area (Å²) in [7, 11) is 0. The highest BCUT2D eigenvalue weighted by Gasteiger charge is 2.19. The Kier molecular flexibility index (Phi) is 3.81. The Morgan fingerprint density at radius 3 is 2.44 bits per heavy atom. The topological polar surface area (TPSA) is 104 Å². The molecule has 2 aromatic carbocycles. The van der Waals surface area contributed by atoms with E-state index in [4.69, 9.17) is 4.42 Å². The first-order valence-corrected chi connectivity index (χ1v) is 8.18. The van der Waals surface area contributed by atoms with Gasteiger partial charge in [0.05, 0.1) is 0 Å². The van der Waals surface area contributed by atoms with Gasteiger partial charge in [0.25, 0.3) is 0 Å². The number of hydrogen-bond donors (Lipinski definition) is 3. The Morgan fingerprint density at radius 2 is 1.74 bits per heavy atom. The van der Waals surface area contributed by atoms with Gasteiger partial charge in [-0.2, -0.15) is 0 Å². The average Bonchev–Trinajstić information content (AvgIpc) is 3.08. The van der Waals surface area contributed by atoms with Crippen LogP contribution in [0.2, 0.25) is 0 Å². The zero-order valence-electron chi connectivity index (χ0n) is 14.3. The number of phenols is 3. The van der Waals surface area contributed by atoms with Gasteiger partial charge in [-0.05, 0) is 54.4 Å². The molecular formula is C21H15NO5. The first-order valence-electron chi connectivity index (χ1n) is 8.18. The lowest BCUT2D eigenvalue weighted by atomic mass is 10.0. The fraction of sp³-hybridized carbons (Fsp3) is 0.0476. The lowest BCUT2D eigenvalue weighted by Gasteiger charge is -2.04. The smallest absolute Gasteiger partial charge is 0.228 e. The Balaban J connectivity index is 1.76. The second kappa shape index (κ2) is 6.17. The lowest BCUT2D eigenvalue weighted by molar-refractivity contribution is 0.101. The third-order valence-electron chi connectivity index (χ3n) is 4.42. The lowest BCUT2D eigenvalue weighted by Crippen LogP contribution is -1.99. The molecule has 2 aromatic heterocycles. The van der Waals surface area contributed by atoms with Gasteiger partial charge in [-0.3, -0.25) is 9.78 Å². The van der Waals surface area contributed by atoms with E-state index in [9.17, 15) is 20.1 Å². The van der Waals surface area contributed by atoms with Gasteiger partial charge in [-0.1, -0.05) is 6.07 Å². The third-order valence-corrected chi connectivity index (χ3v) is 4.42. The van der Waals surface area contributed by atoms with Crippen LogP contribution in [0.25, 0.3) is 22.1 Å². The number of phenolic OH excluding ortho intramolecular Hbond substituents is 3. The third kappa shape index (κ3) is 2.87. The number of nitrogens with zero attached hydrogens (tertiary/aromatic N) is 1. The first kappa shape index (κ1) is 16.7. The molecule has 6 nitrogen and oxygen atoms in total. The Bertz CT molecular complexity index is 1170. The summed E-state index contributed by atoms with van der Waals surface area (Å²) in [5.41, 5.74) is 3.56. The van der Waals surface area contributed by atoms with Gasteiger partial charge in [0.1, 0.15) is 5.58 Å². The summed E-state index contributed by atoms with van der Waals surface area (Å²) < 4.78 is 5.62. The van der Waals surface area contributed by atoms with Crippen molar-refractivity contribution in [1.82, 2.24) is 4.98 Å². The minimum atomic E-state index is -0.673. The number of ketones is 1. The number of carbonyl (C=O) groups excluding carboxylic acids is 1. The number of pyridine rings is 1. The number of rotatable bonds is 3. The predicted octanol–water partition coefficient (Wildman–Crippen LogP) is 4.15. The van der Waals surface area contributed by atoms with Crippen molar-refractivity contribution in [2.75, 3.05) is 0 Å². The van der Waals surface area contributed by atoms with Gasteiger partial charge < -0.3 is 19.7 Å². The normalized spacial score (nSPS) is 11.0. The zero-order chi connectivity index (χ0) is 19.1. The average molecular weight is 361 g/mol. The van der Waals surface area contributed by atoms with Crippen LogP contribution in [0, 0.1) is 6.92 Å². The number of aromatic hydroxyl groups is 3. The van der Waals surface area contributed by atoms with Crippen molar-refractivity contribution in [3.63, 3.8) is 0 Å². The van der Waals surface area contributed by atoms with Crippen LogP contribution in [-0.4, -0.2) is 26.1 Å². The molecule has 0 aliphatic rings. The quantitative estimate of drug-likeness (QED) is 0.374. The molecule has 4 rings (SSSR count). The van der Waals surface area contributed by atoms with Crippen molar-refractivity contribution in [3.8, 4) is 28.4 Å². The zero-order valence-corrected chi connectivity index (χ0v) is 14.3. The number of benzene rings is 2. The monoisotopic (exact) mass is 361 g/mol. The van der Waals surface area contributed by atoms with E-state index in [1.54, 1.807) is 24.5 Å². The molecule has 0 saturated heterocycles. The Labute approximate surface area is 154 Å². The van der Waals surface area contributed by atoms with Gasteiger partial charge in [0.15, 0.2) is 23.0 Å². The van der Waals surface area contributed by atoms with E-state index in [-0.39, 0.29) is 11.3 Å². The van der Waals surface area contributed by atoms with Crippen molar-refractivity contribution < 1.29 is 24.5 Å². The molecule has 0 radical (unpaired) electrons. The van der Waals surface area contributed by atoms with Crippen LogP contribution in [0.1, 0.15) is 21.7 Å². The molecule has 0 aliphatic heterocycles. The molecule has 0 bridgehead atoms. The van der Waals surface area contributed by atoms with Crippen molar-refractivity contribution in [3.05, 3.63) is 71.7 Å². The second-order valence-corrected chi connectivity index (χ2v) is 6.25. The molecule has 27 heavy (non-hydrogen) atoms. The van der Waals surface area contributed by atoms with E-state index in [1.807, 2.05) is 25.1 Å². The van der Waals surface area contributed by atoms with E-state index < -0.39 is 23.0 Å². The van der Waals surface area contributed by atoms with Crippen molar-refractivity contribution in [1.29, 1.82) is 0 Å². The predicted molar refractivity (Wildman–Crippen MR) is 99.1 cm³/mol. The molecule has 0 saturated carbocycles. The maximum Gasteiger partial charge on any atom is 0.228 e. The minimum absolute atomic E-state index is 0.00480. The van der Waals surface area contributed by atoms with Crippen LogP contribution in [0.4, 0.5) is 0 Å². The molecule has 0 atom stereocenters. The molecular weight excluding hydrogens is 346 g/mol. The van der Waals surface area contributed by atoms with Gasteiger partial charge in [-0.15, -0.1) is 0 Å². The van der Waals surface area contributed by atoms with Crippen molar-refractivity contribution in [2.45, 2.75) is 6.92 Å². The maximum absolute atomic E-state index is 12.6. The van der Waals surface area contributed by atoms with E-state index in [0.717, 1.165) is 34.2 Å². The molecule has 6 heteroatoms. The van der Waals surface area contributed by atoms with Crippen LogP contribution in [0.15, 0.2) is 59.3 Å². The largest absolute Gasteiger partial charge is 0.504 e. The van der Waals surface area contributed by atoms with Crippen LogP contribution in [0.3, 0.4) is 0 Å². The Morgan fingerprint density at radius 1 is 1.00 bits per heavy atom. The second-order valence-electron chi connectivity index (χ2n) is 6.25. The molecule has 0 spiro atoms. The van der Waals surface area contributed by atoms with Gasteiger partial charge in [0.2, 0.25) is 5.78 Å². The highest BCUT2D eigenvalue weighted by molar-refractivity contribution is 6.09. The molecule has 134 valence electrons. The number of aromatic nitrogens is 1. The van der Waals surface area contributed by atoms with E-state index in [2.05, 4.69) is 4.98 Å². The fourth-order valence-corrected chi connectivity index (χ4v) is 2.97.